The van der Waals surface area contributed by atoms with E-state index in [-0.39, 0.29) is 12.7 Å². The van der Waals surface area contributed by atoms with E-state index in [0.29, 0.717) is 43.3 Å². The number of methoxy groups -OCH3 is 1. The quantitative estimate of drug-likeness (QED) is 0.214. The molecule has 1 aliphatic rings. The number of fused-ring (bicyclic) bond motifs is 1. The first-order valence-corrected chi connectivity index (χ1v) is 14.5. The van der Waals surface area contributed by atoms with Gasteiger partial charge in [-0.1, -0.05) is 48.9 Å². The summed E-state index contributed by atoms with van der Waals surface area (Å²) >= 11 is 7.59. The van der Waals surface area contributed by atoms with E-state index in [2.05, 4.69) is 40.3 Å². The van der Waals surface area contributed by atoms with Crippen molar-refractivity contribution in [3.63, 3.8) is 0 Å². The van der Waals surface area contributed by atoms with E-state index in [9.17, 15) is 4.79 Å². The van der Waals surface area contributed by atoms with Crippen LogP contribution in [0, 0.1) is 0 Å². The highest BCUT2D eigenvalue weighted by molar-refractivity contribution is 7.09. The van der Waals surface area contributed by atoms with Crippen molar-refractivity contribution in [3.05, 3.63) is 104 Å². The summed E-state index contributed by atoms with van der Waals surface area (Å²) in [7, 11) is 1.69. The fraction of sp³-hybridized carbons (Fsp3) is 0.290. The molecule has 208 valence electrons. The van der Waals surface area contributed by atoms with Crippen LogP contribution in [-0.2, 0) is 32.5 Å². The number of aryl methyl sites for hydroxylation is 1. The van der Waals surface area contributed by atoms with Crippen molar-refractivity contribution in [1.29, 1.82) is 0 Å². The molecule has 1 N–H and O–H groups in total. The first kappa shape index (κ1) is 28.0. The van der Waals surface area contributed by atoms with E-state index in [1.54, 1.807) is 7.11 Å². The van der Waals surface area contributed by atoms with Crippen molar-refractivity contribution in [3.8, 4) is 17.2 Å². The molecule has 1 aliphatic heterocycles. The molecule has 0 saturated heterocycles. The summed E-state index contributed by atoms with van der Waals surface area (Å²) in [5.41, 5.74) is 4.98. The Kier molecular flexibility index (Phi) is 9.21. The number of benzene rings is 3. The molecule has 0 aliphatic carbocycles. The Bertz CT molecular complexity index is 1460. The van der Waals surface area contributed by atoms with Crippen LogP contribution in [0.1, 0.15) is 44.7 Å². The molecule has 3 aromatic carbocycles. The molecular weight excluding hydrogens is 546 g/mol. The zero-order valence-electron chi connectivity index (χ0n) is 22.6. The predicted molar refractivity (Wildman–Crippen MR) is 157 cm³/mol. The number of nitrogens with one attached hydrogen (secondary N) is 1. The Hall–Kier alpha value is -3.59. The summed E-state index contributed by atoms with van der Waals surface area (Å²) in [5.74, 6) is 2.25. The van der Waals surface area contributed by atoms with Crippen LogP contribution in [0.15, 0.2) is 66.0 Å². The molecule has 4 aromatic rings. The first-order valence-electron chi connectivity index (χ1n) is 13.2. The zero-order chi connectivity index (χ0) is 27.9. The number of amides is 1. The fourth-order valence-corrected chi connectivity index (χ4v) is 5.58. The molecule has 9 heteroatoms. The van der Waals surface area contributed by atoms with E-state index in [0.717, 1.165) is 45.4 Å². The summed E-state index contributed by atoms with van der Waals surface area (Å²) < 4.78 is 16.5. The van der Waals surface area contributed by atoms with Crippen LogP contribution in [0.25, 0.3) is 0 Å². The minimum atomic E-state index is -0.167. The minimum absolute atomic E-state index is 0.167. The van der Waals surface area contributed by atoms with Gasteiger partial charge in [-0.3, -0.25) is 9.69 Å². The number of carbonyl (C=O) groups excluding carboxylic acids is 1. The van der Waals surface area contributed by atoms with Crippen molar-refractivity contribution >= 4 is 28.8 Å². The van der Waals surface area contributed by atoms with Gasteiger partial charge in [-0.05, 0) is 65.4 Å². The van der Waals surface area contributed by atoms with E-state index in [1.807, 2.05) is 47.8 Å². The number of carbonyl (C=O) groups is 1. The summed E-state index contributed by atoms with van der Waals surface area (Å²) in [6.07, 6.45) is 1.63. The molecule has 1 aromatic heterocycles. The van der Waals surface area contributed by atoms with Gasteiger partial charge in [0, 0.05) is 30.0 Å². The number of thiazole rings is 1. The summed E-state index contributed by atoms with van der Waals surface area (Å²) in [5, 5.41) is 6.41. The van der Waals surface area contributed by atoms with Gasteiger partial charge in [0.25, 0.3) is 5.91 Å². The highest BCUT2D eigenvalue weighted by Gasteiger charge is 2.17. The standard InChI is InChI=1S/C31H32ClN3O4S/c1-3-24-8-4-21(14-28(24)37-2)12-13-33-31(36)26-19-40-30(34-26)18-35(16-22-5-9-25(32)10-6-22)17-23-7-11-27-29(15-23)39-20-38-27/h4-11,14-15,19H,3,12-13,16-18,20H2,1-2H3,(H,33,36). The van der Waals surface area contributed by atoms with Gasteiger partial charge in [-0.15, -0.1) is 11.3 Å². The second-order valence-electron chi connectivity index (χ2n) is 9.59. The third kappa shape index (κ3) is 7.13. The molecule has 40 heavy (non-hydrogen) atoms. The van der Waals surface area contributed by atoms with Crippen LogP contribution in [0.3, 0.4) is 0 Å². The zero-order valence-corrected chi connectivity index (χ0v) is 24.2. The van der Waals surface area contributed by atoms with E-state index < -0.39 is 0 Å². The van der Waals surface area contributed by atoms with Crippen LogP contribution >= 0.6 is 22.9 Å². The molecule has 0 saturated carbocycles. The maximum absolute atomic E-state index is 12.8. The smallest absolute Gasteiger partial charge is 0.270 e. The lowest BCUT2D eigenvalue weighted by Gasteiger charge is -2.22. The first-order chi connectivity index (χ1) is 19.5. The Morgan fingerprint density at radius 2 is 1.75 bits per heavy atom. The van der Waals surface area contributed by atoms with Gasteiger partial charge < -0.3 is 19.5 Å². The Morgan fingerprint density at radius 3 is 2.55 bits per heavy atom. The fourth-order valence-electron chi connectivity index (χ4n) is 4.64. The Morgan fingerprint density at radius 1 is 1.00 bits per heavy atom. The van der Waals surface area contributed by atoms with Gasteiger partial charge in [0.15, 0.2) is 11.5 Å². The number of rotatable bonds is 12. The van der Waals surface area contributed by atoms with Crippen molar-refractivity contribution in [2.45, 2.75) is 39.4 Å². The number of ether oxygens (including phenoxy) is 3. The van der Waals surface area contributed by atoms with Gasteiger partial charge in [-0.2, -0.15) is 0 Å². The average molecular weight is 578 g/mol. The van der Waals surface area contributed by atoms with Crippen molar-refractivity contribution in [1.82, 2.24) is 15.2 Å². The molecule has 7 nitrogen and oxygen atoms in total. The second kappa shape index (κ2) is 13.2. The maximum Gasteiger partial charge on any atom is 0.270 e. The topological polar surface area (TPSA) is 72.9 Å². The molecule has 1 amide bonds. The summed E-state index contributed by atoms with van der Waals surface area (Å²) in [4.78, 5) is 19.8. The van der Waals surface area contributed by atoms with E-state index in [4.69, 9.17) is 25.8 Å². The van der Waals surface area contributed by atoms with Crippen LogP contribution in [0.5, 0.6) is 17.2 Å². The molecule has 2 heterocycles. The molecule has 0 radical (unpaired) electrons. The molecule has 5 rings (SSSR count). The number of nitrogens with zero attached hydrogens (tertiary/aromatic N) is 2. The van der Waals surface area contributed by atoms with E-state index in [1.165, 1.54) is 16.9 Å². The third-order valence-electron chi connectivity index (χ3n) is 6.74. The normalized spacial score (nSPS) is 12.1. The van der Waals surface area contributed by atoms with Gasteiger partial charge >= 0.3 is 0 Å². The maximum atomic E-state index is 12.8. The van der Waals surface area contributed by atoms with Gasteiger partial charge in [-0.25, -0.2) is 4.98 Å². The lowest BCUT2D eigenvalue weighted by Crippen LogP contribution is -2.26. The summed E-state index contributed by atoms with van der Waals surface area (Å²) in [6, 6.07) is 20.1. The number of aromatic nitrogens is 1. The van der Waals surface area contributed by atoms with Gasteiger partial charge in [0.05, 0.1) is 13.7 Å². The lowest BCUT2D eigenvalue weighted by atomic mass is 10.1. The van der Waals surface area contributed by atoms with Crippen molar-refractivity contribution < 1.29 is 19.0 Å². The third-order valence-corrected chi connectivity index (χ3v) is 7.82. The molecule has 0 spiro atoms. The highest BCUT2D eigenvalue weighted by Crippen LogP contribution is 2.33. The van der Waals surface area contributed by atoms with Crippen LogP contribution in [0.4, 0.5) is 0 Å². The lowest BCUT2D eigenvalue weighted by molar-refractivity contribution is 0.0949. The Balaban J connectivity index is 1.22. The molecule has 0 fully saturated rings. The van der Waals surface area contributed by atoms with Crippen LogP contribution in [0.2, 0.25) is 5.02 Å². The van der Waals surface area contributed by atoms with Gasteiger partial charge in [0.1, 0.15) is 16.5 Å². The van der Waals surface area contributed by atoms with Crippen LogP contribution < -0.4 is 19.5 Å². The SMILES string of the molecule is CCc1ccc(CCNC(=O)c2csc(CN(Cc3ccc(Cl)cc3)Cc3ccc4c(c3)OCO4)n2)cc1OC. The number of hydrogen-bond donors (Lipinski definition) is 1. The van der Waals surface area contributed by atoms with Gasteiger partial charge in [0.2, 0.25) is 6.79 Å². The number of halogens is 1. The van der Waals surface area contributed by atoms with E-state index >= 15 is 0 Å². The monoisotopic (exact) mass is 577 g/mol. The molecule has 0 atom stereocenters. The molecule has 0 bridgehead atoms. The van der Waals surface area contributed by atoms with Crippen LogP contribution in [-0.4, -0.2) is 36.2 Å². The van der Waals surface area contributed by atoms with Crippen molar-refractivity contribution in [2.75, 3.05) is 20.4 Å². The predicted octanol–water partition coefficient (Wildman–Crippen LogP) is 6.27. The second-order valence-corrected chi connectivity index (χ2v) is 11.0. The number of hydrogen-bond acceptors (Lipinski definition) is 7. The average Bonchev–Trinajstić information content (AvgIpc) is 3.63. The minimum Gasteiger partial charge on any atom is -0.496 e. The summed E-state index contributed by atoms with van der Waals surface area (Å²) in [6.45, 7) is 4.85. The van der Waals surface area contributed by atoms with Crippen molar-refractivity contribution in [2.24, 2.45) is 0 Å². The molecular formula is C31H32ClN3O4S. The largest absolute Gasteiger partial charge is 0.496 e. The Labute approximate surface area is 243 Å². The molecule has 0 unspecified atom stereocenters. The highest BCUT2D eigenvalue weighted by atomic mass is 35.5.